The molecule has 9 heteroatoms. The summed E-state index contributed by atoms with van der Waals surface area (Å²) >= 11 is 0. The zero-order valence-electron chi connectivity index (χ0n) is 14.9. The fraction of sp³-hybridized carbons (Fsp3) is 0.333. The number of benzene rings is 1. The molecule has 1 amide bonds. The van der Waals surface area contributed by atoms with Crippen LogP contribution >= 0.6 is 0 Å². The van der Waals surface area contributed by atoms with Crippen LogP contribution in [0.1, 0.15) is 17.3 Å². The highest BCUT2D eigenvalue weighted by molar-refractivity contribution is 6.55. The summed E-state index contributed by atoms with van der Waals surface area (Å²) in [5, 5.41) is 7.17. The number of carbonyl (C=O) groups excluding carboxylic acids is 1. The van der Waals surface area contributed by atoms with Crippen molar-refractivity contribution in [1.29, 1.82) is 0 Å². The van der Waals surface area contributed by atoms with E-state index in [1.165, 1.54) is 0 Å². The maximum atomic E-state index is 12.3. The van der Waals surface area contributed by atoms with Gasteiger partial charge in [0.25, 0.3) is 17.6 Å². The molecule has 1 aromatic heterocycles. The van der Waals surface area contributed by atoms with Crippen LogP contribution in [0.15, 0.2) is 46.0 Å². The van der Waals surface area contributed by atoms with Crippen molar-refractivity contribution in [1.82, 2.24) is 20.4 Å². The maximum Gasteiger partial charge on any atom is 0.291 e. The number of nitrogens with zero attached hydrogens (tertiary/aromatic N) is 4. The minimum Gasteiger partial charge on any atom is -0.379 e. The number of carbonyl (C=O) groups is 1. The minimum absolute atomic E-state index is 0.155. The van der Waals surface area contributed by atoms with Crippen molar-refractivity contribution in [2.24, 2.45) is 10.7 Å². The SMILES string of the molecule is Cc1noc(C2(N3CCOCC3)N=C(C(N)=O)C(c3ccccc3)=CN2)n1. The Kier molecular flexibility index (Phi) is 4.46. The normalized spacial score (nSPS) is 23.3. The monoisotopic (exact) mass is 368 g/mol. The molecule has 1 fully saturated rings. The topological polar surface area (TPSA) is 119 Å². The molecule has 1 unspecified atom stereocenters. The second kappa shape index (κ2) is 6.93. The number of nitrogens with two attached hydrogens (primary N) is 1. The third-order valence-electron chi connectivity index (χ3n) is 4.56. The summed E-state index contributed by atoms with van der Waals surface area (Å²) in [5.41, 5.74) is 7.28. The zero-order chi connectivity index (χ0) is 18.9. The van der Waals surface area contributed by atoms with E-state index in [-0.39, 0.29) is 11.6 Å². The fourth-order valence-electron chi connectivity index (χ4n) is 3.25. The van der Waals surface area contributed by atoms with Crippen LogP contribution in [0.2, 0.25) is 0 Å². The van der Waals surface area contributed by atoms with Gasteiger partial charge in [0.1, 0.15) is 5.71 Å². The molecule has 1 aromatic carbocycles. The van der Waals surface area contributed by atoms with Gasteiger partial charge in [-0.15, -0.1) is 0 Å². The van der Waals surface area contributed by atoms with Gasteiger partial charge in [-0.05, 0) is 12.5 Å². The number of aliphatic imine (C=N–C) groups is 1. The van der Waals surface area contributed by atoms with Crippen LogP contribution < -0.4 is 11.1 Å². The van der Waals surface area contributed by atoms with Gasteiger partial charge in [-0.2, -0.15) is 4.98 Å². The lowest BCUT2D eigenvalue weighted by Crippen LogP contribution is -2.59. The molecule has 3 N–H and O–H groups in total. The van der Waals surface area contributed by atoms with E-state index < -0.39 is 11.7 Å². The van der Waals surface area contributed by atoms with Crippen molar-refractivity contribution in [3.63, 3.8) is 0 Å². The molecule has 2 aliphatic rings. The molecule has 3 heterocycles. The minimum atomic E-state index is -1.20. The molecule has 2 aliphatic heterocycles. The number of morpholine rings is 1. The van der Waals surface area contributed by atoms with Crippen LogP contribution in [0, 0.1) is 6.92 Å². The van der Waals surface area contributed by atoms with Gasteiger partial charge in [-0.25, -0.2) is 9.89 Å². The molecule has 0 saturated carbocycles. The second-order valence-corrected chi connectivity index (χ2v) is 6.31. The molecule has 1 saturated heterocycles. The molecule has 27 heavy (non-hydrogen) atoms. The molecule has 1 atom stereocenters. The van der Waals surface area contributed by atoms with Crippen molar-refractivity contribution in [2.45, 2.75) is 12.7 Å². The lowest BCUT2D eigenvalue weighted by atomic mass is 9.99. The van der Waals surface area contributed by atoms with Crippen LogP contribution in [0.25, 0.3) is 5.57 Å². The first kappa shape index (κ1) is 17.4. The Morgan fingerprint density at radius 2 is 2.00 bits per heavy atom. The van der Waals surface area contributed by atoms with Crippen LogP contribution in [0.3, 0.4) is 0 Å². The Morgan fingerprint density at radius 1 is 1.26 bits per heavy atom. The zero-order valence-corrected chi connectivity index (χ0v) is 14.9. The molecule has 0 spiro atoms. The predicted octanol–water partition coefficient (Wildman–Crippen LogP) is 0.391. The van der Waals surface area contributed by atoms with E-state index in [9.17, 15) is 4.79 Å². The lowest BCUT2D eigenvalue weighted by Gasteiger charge is -2.42. The highest BCUT2D eigenvalue weighted by Gasteiger charge is 2.47. The summed E-state index contributed by atoms with van der Waals surface area (Å²) in [7, 11) is 0. The van der Waals surface area contributed by atoms with Crippen LogP contribution in [0.5, 0.6) is 0 Å². The van der Waals surface area contributed by atoms with E-state index >= 15 is 0 Å². The molecule has 0 radical (unpaired) electrons. The number of primary amides is 1. The number of nitrogens with one attached hydrogen (secondary N) is 1. The first-order chi connectivity index (χ1) is 13.1. The van der Waals surface area contributed by atoms with Crippen molar-refractivity contribution >= 4 is 17.2 Å². The third-order valence-corrected chi connectivity index (χ3v) is 4.56. The highest BCUT2D eigenvalue weighted by Crippen LogP contribution is 2.33. The summed E-state index contributed by atoms with van der Waals surface area (Å²) in [4.78, 5) is 23.3. The van der Waals surface area contributed by atoms with Gasteiger partial charge in [-0.3, -0.25) is 4.79 Å². The second-order valence-electron chi connectivity index (χ2n) is 6.31. The smallest absolute Gasteiger partial charge is 0.291 e. The molecule has 0 aliphatic carbocycles. The van der Waals surface area contributed by atoms with Gasteiger partial charge in [0.05, 0.1) is 13.2 Å². The van der Waals surface area contributed by atoms with Gasteiger partial charge in [0.15, 0.2) is 5.82 Å². The average molecular weight is 368 g/mol. The van der Waals surface area contributed by atoms with Crippen LogP contribution in [-0.4, -0.2) is 53.0 Å². The van der Waals surface area contributed by atoms with Crippen LogP contribution in [0.4, 0.5) is 0 Å². The summed E-state index contributed by atoms with van der Waals surface area (Å²) < 4.78 is 10.9. The predicted molar refractivity (Wildman–Crippen MR) is 97.3 cm³/mol. The van der Waals surface area contributed by atoms with Gasteiger partial charge >= 0.3 is 0 Å². The Bertz CT molecular complexity index is 901. The van der Waals surface area contributed by atoms with E-state index in [1.54, 1.807) is 13.1 Å². The quantitative estimate of drug-likeness (QED) is 0.801. The Hall–Kier alpha value is -3.04. The van der Waals surface area contributed by atoms with Crippen molar-refractivity contribution in [3.05, 3.63) is 53.8 Å². The summed E-state index contributed by atoms with van der Waals surface area (Å²) in [6.07, 6.45) is 1.73. The van der Waals surface area contributed by atoms with E-state index in [0.29, 0.717) is 37.7 Å². The first-order valence-corrected chi connectivity index (χ1v) is 8.67. The van der Waals surface area contributed by atoms with Gasteiger partial charge in [-0.1, -0.05) is 35.5 Å². The maximum absolute atomic E-state index is 12.3. The van der Waals surface area contributed by atoms with Gasteiger partial charge in [0, 0.05) is 24.9 Å². The highest BCUT2D eigenvalue weighted by atomic mass is 16.5. The Labute approximate surface area is 155 Å². The number of aryl methyl sites for hydroxylation is 1. The van der Waals surface area contributed by atoms with Gasteiger partial charge < -0.3 is 20.3 Å². The summed E-state index contributed by atoms with van der Waals surface area (Å²) in [6.45, 7) is 3.96. The molecule has 0 bridgehead atoms. The summed E-state index contributed by atoms with van der Waals surface area (Å²) in [6, 6.07) is 9.47. The molecule has 4 rings (SSSR count). The first-order valence-electron chi connectivity index (χ1n) is 8.67. The van der Waals surface area contributed by atoms with Crippen LogP contribution in [-0.2, 0) is 15.3 Å². The lowest BCUT2D eigenvalue weighted by molar-refractivity contribution is -0.112. The largest absolute Gasteiger partial charge is 0.379 e. The van der Waals surface area contributed by atoms with Crippen molar-refractivity contribution < 1.29 is 14.1 Å². The molecule has 9 nitrogen and oxygen atoms in total. The molecular weight excluding hydrogens is 348 g/mol. The fourth-order valence-corrected chi connectivity index (χ4v) is 3.25. The van der Waals surface area contributed by atoms with E-state index in [0.717, 1.165) is 5.56 Å². The Morgan fingerprint density at radius 3 is 2.63 bits per heavy atom. The molecule has 140 valence electrons. The number of hydrogen-bond donors (Lipinski definition) is 2. The number of amides is 1. The average Bonchev–Trinajstić information content (AvgIpc) is 3.15. The Balaban J connectivity index is 1.83. The van der Waals surface area contributed by atoms with E-state index in [2.05, 4.69) is 15.5 Å². The number of rotatable bonds is 4. The number of ether oxygens (including phenoxy) is 1. The summed E-state index contributed by atoms with van der Waals surface area (Å²) in [5.74, 6) is -1.09. The van der Waals surface area contributed by atoms with E-state index in [1.807, 2.05) is 35.2 Å². The molecular formula is C18H20N6O3. The van der Waals surface area contributed by atoms with E-state index in [4.69, 9.17) is 20.0 Å². The standard InChI is InChI=1S/C18H20N6O3/c1-12-21-17(27-23-12)18(24-7-9-26-10-8-24)20-11-14(15(22-18)16(19)25)13-5-3-2-4-6-13/h2-6,11,20H,7-10H2,1H3,(H2,19,25). The van der Waals surface area contributed by atoms with Crippen molar-refractivity contribution in [3.8, 4) is 0 Å². The molecule has 2 aromatic rings. The number of aromatic nitrogens is 2. The third kappa shape index (κ3) is 3.11. The van der Waals surface area contributed by atoms with Gasteiger partial charge in [0.2, 0.25) is 0 Å². The van der Waals surface area contributed by atoms with Crippen molar-refractivity contribution in [2.75, 3.05) is 26.3 Å². The number of hydrogen-bond acceptors (Lipinski definition) is 8.